The normalized spacial score (nSPS) is 9.50. The number of rotatable bonds is 2. The van der Waals surface area contributed by atoms with Crippen LogP contribution in [-0.2, 0) is 0 Å². The van der Waals surface area contributed by atoms with Crippen molar-refractivity contribution in [3.05, 3.63) is 45.4 Å². The van der Waals surface area contributed by atoms with Gasteiger partial charge >= 0.3 is 0 Å². The largest absolute Gasteiger partial charge is 0.289 e. The number of hydrogen-bond donors (Lipinski definition) is 0. The molecule has 0 aromatic heterocycles. The number of hydrogen-bond acceptors (Lipinski definition) is 1. The van der Waals surface area contributed by atoms with Gasteiger partial charge in [-0.25, -0.2) is 0 Å². The summed E-state index contributed by atoms with van der Waals surface area (Å²) in [7, 11) is 0. The Bertz CT molecular complexity index is 331. The summed E-state index contributed by atoms with van der Waals surface area (Å²) in [6.07, 6.45) is 1.30. The molecule has 3 heteroatoms. The topological polar surface area (TPSA) is 17.1 Å². The first-order valence-electron chi connectivity index (χ1n) is 3.27. The lowest BCUT2D eigenvalue weighted by molar-refractivity contribution is 0.104. The average Bonchev–Trinajstić information content (AvgIpc) is 2.08. The molecule has 0 unspecified atom stereocenters. The molecular formula is C9H6Br2O. The summed E-state index contributed by atoms with van der Waals surface area (Å²) in [6, 6.07) is 5.33. The van der Waals surface area contributed by atoms with Crippen LogP contribution in [0.1, 0.15) is 10.4 Å². The van der Waals surface area contributed by atoms with Crippen molar-refractivity contribution in [3.8, 4) is 0 Å². The highest BCUT2D eigenvalue weighted by atomic mass is 79.9. The Morgan fingerprint density at radius 1 is 1.33 bits per heavy atom. The standard InChI is InChI=1S/C9H6Br2O/c1-2-9(12)6-3-4-7(10)8(11)5-6/h2-5H,1H2. The van der Waals surface area contributed by atoms with E-state index in [4.69, 9.17) is 0 Å². The van der Waals surface area contributed by atoms with Crippen molar-refractivity contribution in [1.82, 2.24) is 0 Å². The van der Waals surface area contributed by atoms with Crippen LogP contribution in [0.2, 0.25) is 0 Å². The van der Waals surface area contributed by atoms with Crippen LogP contribution in [0, 0.1) is 0 Å². The van der Waals surface area contributed by atoms with Crippen molar-refractivity contribution in [2.45, 2.75) is 0 Å². The molecule has 0 bridgehead atoms. The molecule has 1 aromatic rings. The highest BCUT2D eigenvalue weighted by molar-refractivity contribution is 9.13. The lowest BCUT2D eigenvalue weighted by atomic mass is 10.1. The maximum atomic E-state index is 11.1. The number of allylic oxidation sites excluding steroid dienone is 1. The van der Waals surface area contributed by atoms with Gasteiger partial charge in [0.2, 0.25) is 0 Å². The molecule has 12 heavy (non-hydrogen) atoms. The highest BCUT2D eigenvalue weighted by Crippen LogP contribution is 2.23. The Balaban J connectivity index is 3.13. The molecule has 0 aliphatic rings. The molecule has 0 amide bonds. The maximum Gasteiger partial charge on any atom is 0.185 e. The van der Waals surface area contributed by atoms with Gasteiger partial charge in [-0.15, -0.1) is 0 Å². The third-order valence-electron chi connectivity index (χ3n) is 1.39. The maximum absolute atomic E-state index is 11.1. The zero-order chi connectivity index (χ0) is 9.14. The van der Waals surface area contributed by atoms with Gasteiger partial charge in [-0.2, -0.15) is 0 Å². The van der Waals surface area contributed by atoms with Crippen molar-refractivity contribution in [3.63, 3.8) is 0 Å². The van der Waals surface area contributed by atoms with Gasteiger partial charge in [-0.3, -0.25) is 4.79 Å². The molecule has 0 heterocycles. The molecule has 0 N–H and O–H groups in total. The van der Waals surface area contributed by atoms with Crippen LogP contribution >= 0.6 is 31.9 Å². The van der Waals surface area contributed by atoms with E-state index < -0.39 is 0 Å². The molecule has 0 aliphatic heterocycles. The van der Waals surface area contributed by atoms with Gasteiger partial charge < -0.3 is 0 Å². The molecule has 0 saturated heterocycles. The summed E-state index contributed by atoms with van der Waals surface area (Å²) < 4.78 is 1.80. The predicted molar refractivity (Wildman–Crippen MR) is 56.4 cm³/mol. The van der Waals surface area contributed by atoms with E-state index in [1.54, 1.807) is 12.1 Å². The second-order valence-electron chi connectivity index (χ2n) is 2.20. The number of carbonyl (C=O) groups excluding carboxylic acids is 1. The monoisotopic (exact) mass is 288 g/mol. The van der Waals surface area contributed by atoms with Gasteiger partial charge in [-0.05, 0) is 56.1 Å². The summed E-state index contributed by atoms with van der Waals surface area (Å²) >= 11 is 6.63. The fourth-order valence-electron chi connectivity index (χ4n) is 0.767. The fourth-order valence-corrected chi connectivity index (χ4v) is 1.39. The Labute approximate surface area is 87.7 Å². The van der Waals surface area contributed by atoms with E-state index >= 15 is 0 Å². The zero-order valence-electron chi connectivity index (χ0n) is 6.18. The first-order valence-corrected chi connectivity index (χ1v) is 4.85. The fraction of sp³-hybridized carbons (Fsp3) is 0. The molecule has 62 valence electrons. The quantitative estimate of drug-likeness (QED) is 0.601. The molecule has 0 radical (unpaired) electrons. The highest BCUT2D eigenvalue weighted by Gasteiger charge is 2.02. The number of halogens is 2. The molecular weight excluding hydrogens is 284 g/mol. The lowest BCUT2D eigenvalue weighted by Gasteiger charge is -1.98. The van der Waals surface area contributed by atoms with Crippen molar-refractivity contribution in [1.29, 1.82) is 0 Å². The Hall–Kier alpha value is -0.410. The number of carbonyl (C=O) groups is 1. The van der Waals surface area contributed by atoms with Crippen molar-refractivity contribution in [2.24, 2.45) is 0 Å². The average molecular weight is 290 g/mol. The van der Waals surface area contributed by atoms with E-state index in [-0.39, 0.29) is 5.78 Å². The van der Waals surface area contributed by atoms with E-state index in [9.17, 15) is 4.79 Å². The summed E-state index contributed by atoms with van der Waals surface area (Å²) in [5, 5.41) is 0. The molecule has 0 spiro atoms. The molecule has 1 aromatic carbocycles. The molecule has 0 fully saturated rings. The molecule has 1 nitrogen and oxygen atoms in total. The summed E-state index contributed by atoms with van der Waals surface area (Å²) in [5.74, 6) is -0.0665. The third-order valence-corrected chi connectivity index (χ3v) is 3.27. The van der Waals surface area contributed by atoms with Gasteiger partial charge in [0.05, 0.1) is 0 Å². The summed E-state index contributed by atoms with van der Waals surface area (Å²) in [6.45, 7) is 3.41. The molecule has 0 atom stereocenters. The third kappa shape index (κ3) is 2.05. The Kier molecular flexibility index (Phi) is 3.23. The van der Waals surface area contributed by atoms with E-state index in [1.807, 2.05) is 6.07 Å². The van der Waals surface area contributed by atoms with Crippen molar-refractivity contribution in [2.75, 3.05) is 0 Å². The number of ketones is 1. The molecule has 0 aliphatic carbocycles. The summed E-state index contributed by atoms with van der Waals surface area (Å²) in [5.41, 5.74) is 0.639. The van der Waals surface area contributed by atoms with E-state index in [2.05, 4.69) is 38.4 Å². The van der Waals surface area contributed by atoms with E-state index in [0.29, 0.717) is 5.56 Å². The van der Waals surface area contributed by atoms with Crippen molar-refractivity contribution >= 4 is 37.6 Å². The summed E-state index contributed by atoms with van der Waals surface area (Å²) in [4.78, 5) is 11.1. The smallest absolute Gasteiger partial charge is 0.185 e. The minimum Gasteiger partial charge on any atom is -0.289 e. The van der Waals surface area contributed by atoms with Gasteiger partial charge in [-0.1, -0.05) is 6.58 Å². The van der Waals surface area contributed by atoms with Gasteiger partial charge in [0.1, 0.15) is 0 Å². The first kappa shape index (κ1) is 9.68. The SMILES string of the molecule is C=CC(=O)c1ccc(Br)c(Br)c1. The van der Waals surface area contributed by atoms with E-state index in [1.165, 1.54) is 6.08 Å². The zero-order valence-corrected chi connectivity index (χ0v) is 9.35. The van der Waals surface area contributed by atoms with Crippen LogP contribution in [0.25, 0.3) is 0 Å². The number of benzene rings is 1. The van der Waals surface area contributed by atoms with Crippen LogP contribution in [0.15, 0.2) is 39.8 Å². The van der Waals surface area contributed by atoms with Gasteiger partial charge in [0.25, 0.3) is 0 Å². The molecule has 0 saturated carbocycles. The van der Waals surface area contributed by atoms with Crippen LogP contribution in [-0.4, -0.2) is 5.78 Å². The van der Waals surface area contributed by atoms with Gasteiger partial charge in [0, 0.05) is 14.5 Å². The molecule has 1 rings (SSSR count). The van der Waals surface area contributed by atoms with Crippen molar-refractivity contribution < 1.29 is 4.79 Å². The first-order chi connectivity index (χ1) is 5.65. The van der Waals surface area contributed by atoms with Crippen LogP contribution < -0.4 is 0 Å². The van der Waals surface area contributed by atoms with E-state index in [0.717, 1.165) is 8.95 Å². The van der Waals surface area contributed by atoms with Crippen LogP contribution in [0.3, 0.4) is 0 Å². The van der Waals surface area contributed by atoms with Gasteiger partial charge in [0.15, 0.2) is 5.78 Å². The van der Waals surface area contributed by atoms with Crippen LogP contribution in [0.4, 0.5) is 0 Å². The Morgan fingerprint density at radius 3 is 2.50 bits per heavy atom. The minimum absolute atomic E-state index is 0.0665. The minimum atomic E-state index is -0.0665. The predicted octanol–water partition coefficient (Wildman–Crippen LogP) is 3.58. The van der Waals surface area contributed by atoms with Crippen LogP contribution in [0.5, 0.6) is 0 Å². The second-order valence-corrected chi connectivity index (χ2v) is 3.91. The Morgan fingerprint density at radius 2 is 2.00 bits per heavy atom. The lowest BCUT2D eigenvalue weighted by Crippen LogP contribution is -1.92. The second kappa shape index (κ2) is 4.01.